The van der Waals surface area contributed by atoms with Gasteiger partial charge < -0.3 is 9.84 Å². The zero-order valence-corrected chi connectivity index (χ0v) is 10.5. The fraction of sp³-hybridized carbons (Fsp3) is 1.00. The SMILES string of the molecule is CC12CC(CCO)C3C(CCCC3(C)O1)C2. The molecule has 2 heteroatoms. The first kappa shape index (κ1) is 11.0. The molecule has 0 spiro atoms. The molecule has 4 fully saturated rings. The van der Waals surface area contributed by atoms with Crippen molar-refractivity contribution in [2.24, 2.45) is 17.8 Å². The Morgan fingerprint density at radius 1 is 1.31 bits per heavy atom. The fourth-order valence-electron chi connectivity index (χ4n) is 5.20. The van der Waals surface area contributed by atoms with Gasteiger partial charge >= 0.3 is 0 Å². The highest BCUT2D eigenvalue weighted by molar-refractivity contribution is 5.09. The van der Waals surface area contributed by atoms with Crippen LogP contribution in [0.1, 0.15) is 52.4 Å². The monoisotopic (exact) mass is 224 g/mol. The molecule has 5 unspecified atom stereocenters. The highest BCUT2D eigenvalue weighted by atomic mass is 16.5. The van der Waals surface area contributed by atoms with Crippen molar-refractivity contribution >= 4 is 0 Å². The van der Waals surface area contributed by atoms with E-state index < -0.39 is 0 Å². The molecule has 2 saturated carbocycles. The van der Waals surface area contributed by atoms with Crippen LogP contribution in [0.15, 0.2) is 0 Å². The Morgan fingerprint density at radius 3 is 2.81 bits per heavy atom. The van der Waals surface area contributed by atoms with E-state index in [0.717, 1.165) is 18.3 Å². The number of aliphatic hydroxyl groups excluding tert-OH is 1. The maximum absolute atomic E-state index is 9.24. The fourth-order valence-corrected chi connectivity index (χ4v) is 5.20. The molecule has 0 radical (unpaired) electrons. The van der Waals surface area contributed by atoms with Crippen molar-refractivity contribution in [2.75, 3.05) is 6.61 Å². The van der Waals surface area contributed by atoms with Gasteiger partial charge in [-0.25, -0.2) is 0 Å². The van der Waals surface area contributed by atoms with Gasteiger partial charge in [-0.1, -0.05) is 6.42 Å². The second kappa shape index (κ2) is 3.46. The van der Waals surface area contributed by atoms with Crippen LogP contribution in [0.4, 0.5) is 0 Å². The molecule has 2 aliphatic carbocycles. The molecule has 2 nitrogen and oxygen atoms in total. The third-order valence-electron chi connectivity index (χ3n) is 5.34. The highest BCUT2D eigenvalue weighted by Gasteiger charge is 2.60. The van der Waals surface area contributed by atoms with E-state index in [1.807, 2.05) is 0 Å². The van der Waals surface area contributed by atoms with Gasteiger partial charge in [0.15, 0.2) is 0 Å². The van der Waals surface area contributed by atoms with Crippen LogP contribution in [-0.2, 0) is 4.74 Å². The lowest BCUT2D eigenvalue weighted by atomic mass is 9.52. The van der Waals surface area contributed by atoms with E-state index in [4.69, 9.17) is 4.74 Å². The maximum atomic E-state index is 9.24. The number of aliphatic hydroxyl groups is 1. The predicted molar refractivity (Wildman–Crippen MR) is 63.2 cm³/mol. The molecule has 0 amide bonds. The highest BCUT2D eigenvalue weighted by Crippen LogP contribution is 2.60. The molecule has 2 saturated heterocycles. The van der Waals surface area contributed by atoms with Crippen molar-refractivity contribution in [3.63, 3.8) is 0 Å². The first-order chi connectivity index (χ1) is 7.56. The smallest absolute Gasteiger partial charge is 0.0695 e. The molecule has 92 valence electrons. The summed E-state index contributed by atoms with van der Waals surface area (Å²) in [6.07, 6.45) is 7.36. The van der Waals surface area contributed by atoms with Gasteiger partial charge in [0.05, 0.1) is 11.2 Å². The van der Waals surface area contributed by atoms with Crippen LogP contribution in [0.5, 0.6) is 0 Å². The molecule has 2 aliphatic heterocycles. The summed E-state index contributed by atoms with van der Waals surface area (Å²) in [6, 6.07) is 0. The van der Waals surface area contributed by atoms with Crippen molar-refractivity contribution in [3.8, 4) is 0 Å². The van der Waals surface area contributed by atoms with Crippen molar-refractivity contribution < 1.29 is 9.84 Å². The Hall–Kier alpha value is -0.0800. The molecule has 16 heavy (non-hydrogen) atoms. The molecule has 4 rings (SSSR count). The minimum atomic E-state index is 0.106. The van der Waals surface area contributed by atoms with Gasteiger partial charge in [-0.2, -0.15) is 0 Å². The van der Waals surface area contributed by atoms with Gasteiger partial charge in [0.2, 0.25) is 0 Å². The van der Waals surface area contributed by atoms with E-state index in [1.54, 1.807) is 0 Å². The van der Waals surface area contributed by atoms with E-state index in [-0.39, 0.29) is 11.2 Å². The molecule has 4 bridgehead atoms. The second-order valence-electron chi connectivity index (χ2n) is 6.72. The summed E-state index contributed by atoms with van der Waals surface area (Å²) in [4.78, 5) is 0. The van der Waals surface area contributed by atoms with Crippen LogP contribution in [0.2, 0.25) is 0 Å². The summed E-state index contributed by atoms with van der Waals surface area (Å²) in [5.41, 5.74) is 0.225. The first-order valence-electron chi connectivity index (χ1n) is 6.87. The van der Waals surface area contributed by atoms with E-state index in [9.17, 15) is 5.11 Å². The quantitative estimate of drug-likeness (QED) is 0.781. The molecular formula is C14H24O2. The van der Waals surface area contributed by atoms with E-state index in [1.165, 1.54) is 32.1 Å². The van der Waals surface area contributed by atoms with Gasteiger partial charge in [0, 0.05) is 6.61 Å². The minimum absolute atomic E-state index is 0.106. The third-order valence-corrected chi connectivity index (χ3v) is 5.34. The average Bonchev–Trinajstić information content (AvgIpc) is 2.14. The summed E-state index contributed by atoms with van der Waals surface area (Å²) in [5.74, 6) is 2.28. The van der Waals surface area contributed by atoms with Crippen molar-refractivity contribution in [1.29, 1.82) is 0 Å². The second-order valence-corrected chi connectivity index (χ2v) is 6.72. The Labute approximate surface area is 98.4 Å². The predicted octanol–water partition coefficient (Wildman–Crippen LogP) is 2.74. The Balaban J connectivity index is 1.93. The number of hydrogen-bond donors (Lipinski definition) is 1. The molecule has 1 N–H and O–H groups in total. The van der Waals surface area contributed by atoms with Gasteiger partial charge in [-0.05, 0) is 63.7 Å². The Bertz CT molecular complexity index is 290. The lowest BCUT2D eigenvalue weighted by Crippen LogP contribution is -2.64. The van der Waals surface area contributed by atoms with Crippen LogP contribution in [0, 0.1) is 17.8 Å². The van der Waals surface area contributed by atoms with Gasteiger partial charge in [0.1, 0.15) is 0 Å². The molecule has 4 aliphatic rings. The van der Waals surface area contributed by atoms with E-state index in [0.29, 0.717) is 12.5 Å². The van der Waals surface area contributed by atoms with Crippen LogP contribution < -0.4 is 0 Å². The lowest BCUT2D eigenvalue weighted by molar-refractivity contribution is -0.294. The molecule has 5 atom stereocenters. The van der Waals surface area contributed by atoms with Gasteiger partial charge in [-0.3, -0.25) is 0 Å². The number of hydrogen-bond acceptors (Lipinski definition) is 2. The molecule has 0 aromatic rings. The van der Waals surface area contributed by atoms with Crippen molar-refractivity contribution in [3.05, 3.63) is 0 Å². The van der Waals surface area contributed by atoms with E-state index in [2.05, 4.69) is 13.8 Å². The zero-order valence-electron chi connectivity index (χ0n) is 10.5. The molecule has 2 heterocycles. The minimum Gasteiger partial charge on any atom is -0.396 e. The van der Waals surface area contributed by atoms with Crippen molar-refractivity contribution in [1.82, 2.24) is 0 Å². The van der Waals surface area contributed by atoms with Crippen LogP contribution in [0.25, 0.3) is 0 Å². The van der Waals surface area contributed by atoms with E-state index >= 15 is 0 Å². The summed E-state index contributed by atoms with van der Waals surface area (Å²) < 4.78 is 6.43. The number of ether oxygens (including phenoxy) is 1. The van der Waals surface area contributed by atoms with Crippen LogP contribution in [-0.4, -0.2) is 22.9 Å². The number of rotatable bonds is 2. The normalized spacial score (nSPS) is 55.3. The topological polar surface area (TPSA) is 29.5 Å². The largest absolute Gasteiger partial charge is 0.396 e. The summed E-state index contributed by atoms with van der Waals surface area (Å²) >= 11 is 0. The average molecular weight is 224 g/mol. The lowest BCUT2D eigenvalue weighted by Gasteiger charge is -2.64. The van der Waals surface area contributed by atoms with Crippen molar-refractivity contribution in [2.45, 2.75) is 63.6 Å². The summed E-state index contributed by atoms with van der Waals surface area (Å²) in [7, 11) is 0. The maximum Gasteiger partial charge on any atom is 0.0695 e. The van der Waals surface area contributed by atoms with Gasteiger partial charge in [-0.15, -0.1) is 0 Å². The molecular weight excluding hydrogens is 200 g/mol. The van der Waals surface area contributed by atoms with Crippen LogP contribution in [0.3, 0.4) is 0 Å². The molecule has 0 aromatic heterocycles. The first-order valence-corrected chi connectivity index (χ1v) is 6.87. The Kier molecular flexibility index (Phi) is 2.38. The third kappa shape index (κ3) is 1.46. The Morgan fingerprint density at radius 2 is 2.12 bits per heavy atom. The van der Waals surface area contributed by atoms with Crippen LogP contribution >= 0.6 is 0 Å². The standard InChI is InChI=1S/C14H24O2/c1-13-8-10-4-3-6-14(2,16-13)12(10)11(9-13)5-7-15/h10-12,15H,3-9H2,1-2H3. The van der Waals surface area contributed by atoms with Gasteiger partial charge in [0.25, 0.3) is 0 Å². The molecule has 0 aromatic carbocycles. The zero-order chi connectivity index (χ0) is 11.4. The number of fused-ring (bicyclic) bond motifs is 1. The summed E-state index contributed by atoms with van der Waals surface area (Å²) in [6.45, 7) is 4.97. The summed E-state index contributed by atoms with van der Waals surface area (Å²) in [5, 5.41) is 9.24.